The number of carbonyl (C=O) groups excluding carboxylic acids is 3. The Morgan fingerprint density at radius 3 is 2.30 bits per heavy atom. The summed E-state index contributed by atoms with van der Waals surface area (Å²) in [7, 11) is 1.51. The minimum absolute atomic E-state index is 0.0503. The molecule has 6 rings (SSSR count). The van der Waals surface area contributed by atoms with Crippen molar-refractivity contribution in [2.75, 3.05) is 12.4 Å². The number of fused-ring (bicyclic) bond motifs is 7. The number of rotatable bonds is 4. The third-order valence-corrected chi connectivity index (χ3v) is 14.7. The molecular formula is C39H57N3O5. The second kappa shape index (κ2) is 11.6. The van der Waals surface area contributed by atoms with Gasteiger partial charge in [0.1, 0.15) is 0 Å². The van der Waals surface area contributed by atoms with Crippen LogP contribution in [0.1, 0.15) is 116 Å². The lowest BCUT2D eigenvalue weighted by atomic mass is 9.38. The molecule has 0 spiro atoms. The molecule has 0 radical (unpaired) electrons. The fraction of sp³-hybridized carbons (Fsp3) is 0.718. The summed E-state index contributed by atoms with van der Waals surface area (Å²) in [5.41, 5.74) is 6.91. The predicted octanol–water partition coefficient (Wildman–Crippen LogP) is 7.22. The maximum atomic E-state index is 13.3. The molecule has 1 aromatic carbocycles. The van der Waals surface area contributed by atoms with E-state index >= 15 is 0 Å². The number of hydrogen-bond donors (Lipinski definition) is 4. The van der Waals surface area contributed by atoms with E-state index in [9.17, 15) is 19.5 Å². The van der Waals surface area contributed by atoms with Gasteiger partial charge in [-0.25, -0.2) is 4.79 Å². The average molecular weight is 648 g/mol. The second-order valence-electron chi connectivity index (χ2n) is 17.6. The molecule has 5 unspecified atom stereocenters. The summed E-state index contributed by atoms with van der Waals surface area (Å²) in [4.78, 5) is 38.2. The van der Waals surface area contributed by atoms with Crippen LogP contribution in [0, 0.1) is 50.7 Å². The maximum absolute atomic E-state index is 13.3. The van der Waals surface area contributed by atoms with Gasteiger partial charge in [-0.1, -0.05) is 64.8 Å². The SMILES string of the molecule is COC(=O)[C@@]1(C)CC[C@]2(C)CCCC3C(=CC(O)C4[C@@]3(C)CCC3C(C)(C)C(NC(=O)Nc5ccccc5C(N)=O)CC[C@@]34C)[C@H]2C1. The monoisotopic (exact) mass is 647 g/mol. The summed E-state index contributed by atoms with van der Waals surface area (Å²) < 4.78 is 5.31. The number of benzene rings is 1. The van der Waals surface area contributed by atoms with Crippen molar-refractivity contribution in [1.29, 1.82) is 0 Å². The first kappa shape index (κ1) is 34.0. The molecule has 0 saturated heterocycles. The first-order valence-electron chi connectivity index (χ1n) is 17.9. The number of ether oxygens (including phenoxy) is 1. The Morgan fingerprint density at radius 1 is 0.894 bits per heavy atom. The molecule has 258 valence electrons. The van der Waals surface area contributed by atoms with Crippen molar-refractivity contribution in [2.24, 2.45) is 56.5 Å². The average Bonchev–Trinajstić information content (AvgIpc) is 3.14. The predicted molar refractivity (Wildman–Crippen MR) is 183 cm³/mol. The zero-order valence-electron chi connectivity index (χ0n) is 29.6. The molecule has 8 nitrogen and oxygen atoms in total. The molecule has 0 aliphatic heterocycles. The first-order valence-corrected chi connectivity index (χ1v) is 17.9. The van der Waals surface area contributed by atoms with Gasteiger partial charge in [0.25, 0.3) is 5.91 Å². The van der Waals surface area contributed by atoms with Crippen molar-refractivity contribution in [3.63, 3.8) is 0 Å². The maximum Gasteiger partial charge on any atom is 0.319 e. The fourth-order valence-corrected chi connectivity index (χ4v) is 12.2. The number of urea groups is 1. The van der Waals surface area contributed by atoms with Crippen LogP contribution < -0.4 is 16.4 Å². The molecule has 1 aromatic rings. The summed E-state index contributed by atoms with van der Waals surface area (Å²) in [5.74, 6) is 0.382. The van der Waals surface area contributed by atoms with Crippen molar-refractivity contribution in [2.45, 2.75) is 118 Å². The minimum Gasteiger partial charge on any atom is -0.469 e. The zero-order chi connectivity index (χ0) is 34.2. The van der Waals surface area contributed by atoms with Crippen LogP contribution in [0.5, 0.6) is 0 Å². The third kappa shape index (κ3) is 5.32. The number of allylic oxidation sites excluding steroid dienone is 1. The van der Waals surface area contributed by atoms with Gasteiger partial charge in [0.2, 0.25) is 0 Å². The highest BCUT2D eigenvalue weighted by Crippen LogP contribution is 2.71. The second-order valence-corrected chi connectivity index (χ2v) is 17.6. The highest BCUT2D eigenvalue weighted by Gasteiger charge is 2.66. The number of methoxy groups -OCH3 is 1. The quantitative estimate of drug-likeness (QED) is 0.203. The summed E-state index contributed by atoms with van der Waals surface area (Å²) in [6.07, 6.45) is 11.6. The van der Waals surface area contributed by atoms with Gasteiger partial charge in [-0.05, 0) is 116 Å². The van der Waals surface area contributed by atoms with E-state index < -0.39 is 17.4 Å². The van der Waals surface area contributed by atoms with Gasteiger partial charge in [-0.15, -0.1) is 0 Å². The third-order valence-electron chi connectivity index (χ3n) is 14.7. The lowest BCUT2D eigenvalue weighted by Gasteiger charge is -2.68. The van der Waals surface area contributed by atoms with E-state index in [-0.39, 0.29) is 57.1 Å². The van der Waals surface area contributed by atoms with Crippen molar-refractivity contribution in [3.05, 3.63) is 41.5 Å². The number of para-hydroxylation sites is 1. The normalized spacial score (nSPS) is 42.2. The number of nitrogens with two attached hydrogens (primary N) is 1. The van der Waals surface area contributed by atoms with Crippen molar-refractivity contribution >= 4 is 23.6 Å². The molecule has 4 saturated carbocycles. The van der Waals surface area contributed by atoms with E-state index in [0.717, 1.165) is 57.8 Å². The number of carbonyl (C=O) groups is 3. The van der Waals surface area contributed by atoms with Gasteiger partial charge in [-0.2, -0.15) is 0 Å². The molecule has 4 fully saturated rings. The number of aliphatic hydroxyl groups excluding tert-OH is 1. The Labute approximate surface area is 281 Å². The van der Waals surface area contributed by atoms with E-state index in [1.807, 2.05) is 0 Å². The van der Waals surface area contributed by atoms with Gasteiger partial charge in [0.15, 0.2) is 0 Å². The minimum atomic E-state index is -0.581. The van der Waals surface area contributed by atoms with E-state index in [2.05, 4.69) is 58.3 Å². The Kier molecular flexibility index (Phi) is 8.42. The fourth-order valence-electron chi connectivity index (χ4n) is 12.2. The molecular weight excluding hydrogens is 590 g/mol. The van der Waals surface area contributed by atoms with Crippen molar-refractivity contribution < 1.29 is 24.2 Å². The van der Waals surface area contributed by atoms with Gasteiger partial charge in [0.05, 0.1) is 29.9 Å². The van der Waals surface area contributed by atoms with Gasteiger partial charge < -0.3 is 26.2 Å². The summed E-state index contributed by atoms with van der Waals surface area (Å²) in [5, 5.41) is 18.4. The van der Waals surface area contributed by atoms with Crippen LogP contribution in [0.2, 0.25) is 0 Å². The Balaban J connectivity index is 1.27. The van der Waals surface area contributed by atoms with Crippen molar-refractivity contribution in [3.8, 4) is 0 Å². The number of aliphatic hydroxyl groups is 1. The van der Waals surface area contributed by atoms with Gasteiger partial charge >= 0.3 is 12.0 Å². The summed E-state index contributed by atoms with van der Waals surface area (Å²) in [6.45, 7) is 14.0. The Hall–Kier alpha value is -2.87. The molecule has 5 N–H and O–H groups in total. The van der Waals surface area contributed by atoms with Crippen molar-refractivity contribution in [1.82, 2.24) is 5.32 Å². The molecule has 3 amide bonds. The lowest BCUT2D eigenvalue weighted by Crippen LogP contribution is -2.66. The van der Waals surface area contributed by atoms with E-state index in [1.165, 1.54) is 19.1 Å². The number of amides is 3. The van der Waals surface area contributed by atoms with E-state index in [4.69, 9.17) is 10.5 Å². The molecule has 47 heavy (non-hydrogen) atoms. The largest absolute Gasteiger partial charge is 0.469 e. The Bertz CT molecular complexity index is 1470. The number of primary amides is 1. The molecule has 5 aliphatic carbocycles. The summed E-state index contributed by atoms with van der Waals surface area (Å²) in [6, 6.07) is 6.41. The van der Waals surface area contributed by atoms with E-state index in [0.29, 0.717) is 17.5 Å². The van der Waals surface area contributed by atoms with Crippen LogP contribution in [0.25, 0.3) is 0 Å². The van der Waals surface area contributed by atoms with Crippen LogP contribution in [0.3, 0.4) is 0 Å². The highest BCUT2D eigenvalue weighted by atomic mass is 16.5. The lowest BCUT2D eigenvalue weighted by molar-refractivity contribution is -0.184. The van der Waals surface area contributed by atoms with Crippen LogP contribution in [0.15, 0.2) is 35.9 Å². The van der Waals surface area contributed by atoms with Crippen LogP contribution in [-0.2, 0) is 9.53 Å². The van der Waals surface area contributed by atoms with Crippen LogP contribution in [0.4, 0.5) is 10.5 Å². The van der Waals surface area contributed by atoms with Crippen LogP contribution in [-0.4, -0.2) is 42.3 Å². The Morgan fingerprint density at radius 2 is 1.60 bits per heavy atom. The molecule has 8 heteroatoms. The van der Waals surface area contributed by atoms with E-state index in [1.54, 1.807) is 24.3 Å². The number of esters is 1. The topological polar surface area (TPSA) is 131 Å². The number of hydrogen-bond acceptors (Lipinski definition) is 5. The smallest absolute Gasteiger partial charge is 0.319 e. The number of anilines is 1. The molecule has 0 aromatic heterocycles. The molecule has 10 atom stereocenters. The molecule has 0 bridgehead atoms. The highest BCUT2D eigenvalue weighted by molar-refractivity contribution is 6.02. The zero-order valence-corrected chi connectivity index (χ0v) is 29.6. The van der Waals surface area contributed by atoms with Gasteiger partial charge in [-0.3, -0.25) is 9.59 Å². The molecule has 5 aliphatic rings. The molecule has 0 heterocycles. The first-order chi connectivity index (χ1) is 22.0. The number of nitrogens with one attached hydrogen (secondary N) is 2. The van der Waals surface area contributed by atoms with Crippen LogP contribution >= 0.6 is 0 Å². The summed E-state index contributed by atoms with van der Waals surface area (Å²) >= 11 is 0. The van der Waals surface area contributed by atoms with Gasteiger partial charge in [0, 0.05) is 12.0 Å². The standard InChI is InChI=1S/C39H57N3O5/c1-35(2)29-14-17-38(5)25-12-10-16-36(3)19-20-37(4,33(45)47-7)22-26(36)24(25)21-28(43)31(38)39(29,6)18-15-30(35)42-34(46)41-27-13-9-8-11-23(27)32(40)44/h8-9,11,13,21,25-26,28-31,43H,10,12,14-20,22H2,1-7H3,(H2,40,44)(H2,41,42,46)/t25?,26-,28?,29?,30?,31?,36+,37+,38+,39+/m1/s1.